The first-order chi connectivity index (χ1) is 7.86. The summed E-state index contributed by atoms with van der Waals surface area (Å²) in [5.74, 6) is 1.67. The molecule has 2 aromatic heterocycles. The van der Waals surface area contributed by atoms with Crippen LogP contribution >= 0.6 is 0 Å². The molecule has 0 amide bonds. The molecule has 0 unspecified atom stereocenters. The van der Waals surface area contributed by atoms with Crippen molar-refractivity contribution in [3.8, 4) is 0 Å². The van der Waals surface area contributed by atoms with Gasteiger partial charge in [-0.25, -0.2) is 9.97 Å². The Morgan fingerprint density at radius 2 is 2.19 bits per heavy atom. The summed E-state index contributed by atoms with van der Waals surface area (Å²) in [6, 6.07) is 3.95. The summed E-state index contributed by atoms with van der Waals surface area (Å²) in [7, 11) is 2.05. The van der Waals surface area contributed by atoms with E-state index in [-0.39, 0.29) is 0 Å². The second kappa shape index (κ2) is 3.87. The fourth-order valence-electron chi connectivity index (χ4n) is 2.36. The molecule has 16 heavy (non-hydrogen) atoms. The number of aryl methyl sites for hydroxylation is 1. The van der Waals surface area contributed by atoms with E-state index in [1.54, 1.807) is 0 Å². The van der Waals surface area contributed by atoms with Crippen LogP contribution < -0.4 is 0 Å². The molecule has 4 nitrogen and oxygen atoms in total. The molecule has 0 atom stereocenters. The summed E-state index contributed by atoms with van der Waals surface area (Å²) in [4.78, 5) is 9.05. The molecule has 1 fully saturated rings. The van der Waals surface area contributed by atoms with Gasteiger partial charge >= 0.3 is 0 Å². The van der Waals surface area contributed by atoms with Gasteiger partial charge < -0.3 is 9.30 Å². The number of nitrogens with zero attached hydrogens (tertiary/aromatic N) is 3. The number of fused-ring (bicyclic) bond motifs is 1. The van der Waals surface area contributed by atoms with E-state index in [1.807, 2.05) is 25.4 Å². The molecule has 1 aliphatic heterocycles. The minimum Gasteiger partial charge on any atom is -0.381 e. The number of rotatable bonds is 1. The third-order valence-corrected chi connectivity index (χ3v) is 3.25. The number of hydrogen-bond acceptors (Lipinski definition) is 3. The summed E-state index contributed by atoms with van der Waals surface area (Å²) >= 11 is 0. The lowest BCUT2D eigenvalue weighted by atomic mass is 10.00. The number of pyridine rings is 1. The van der Waals surface area contributed by atoms with Crippen molar-refractivity contribution in [1.82, 2.24) is 14.5 Å². The van der Waals surface area contributed by atoms with Crippen molar-refractivity contribution in [2.24, 2.45) is 7.05 Å². The third-order valence-electron chi connectivity index (χ3n) is 3.25. The Kier molecular flexibility index (Phi) is 2.36. The number of aromatic nitrogens is 3. The van der Waals surface area contributed by atoms with Crippen molar-refractivity contribution >= 4 is 11.2 Å². The molecule has 2 aromatic rings. The molecule has 0 spiro atoms. The molecule has 0 N–H and O–H groups in total. The highest BCUT2D eigenvalue weighted by Gasteiger charge is 2.21. The zero-order valence-corrected chi connectivity index (χ0v) is 9.39. The van der Waals surface area contributed by atoms with Gasteiger partial charge in [-0.3, -0.25) is 0 Å². The second-order valence-electron chi connectivity index (χ2n) is 4.26. The monoisotopic (exact) mass is 217 g/mol. The number of ether oxygens (including phenoxy) is 1. The molecule has 0 radical (unpaired) electrons. The standard InChI is InChI=1S/C12H15N3O/c1-15-11(9-4-7-16-8-5-9)14-10-3-2-6-13-12(10)15/h2-3,6,9H,4-5,7-8H2,1H3. The summed E-state index contributed by atoms with van der Waals surface area (Å²) in [6.07, 6.45) is 3.95. The predicted octanol–water partition coefficient (Wildman–Crippen LogP) is 1.86. The van der Waals surface area contributed by atoms with Crippen LogP contribution in [0.3, 0.4) is 0 Å². The van der Waals surface area contributed by atoms with Crippen molar-refractivity contribution in [2.45, 2.75) is 18.8 Å². The number of imidazole rings is 1. The van der Waals surface area contributed by atoms with Gasteiger partial charge in [-0.05, 0) is 25.0 Å². The van der Waals surface area contributed by atoms with Crippen molar-refractivity contribution in [3.63, 3.8) is 0 Å². The predicted molar refractivity (Wildman–Crippen MR) is 61.3 cm³/mol. The molecule has 3 rings (SSSR count). The smallest absolute Gasteiger partial charge is 0.159 e. The lowest BCUT2D eigenvalue weighted by molar-refractivity contribution is 0.0831. The highest BCUT2D eigenvalue weighted by atomic mass is 16.5. The molecular weight excluding hydrogens is 202 g/mol. The molecule has 0 bridgehead atoms. The molecule has 84 valence electrons. The maximum atomic E-state index is 5.38. The van der Waals surface area contributed by atoms with Crippen LogP contribution in [-0.4, -0.2) is 27.7 Å². The van der Waals surface area contributed by atoms with Gasteiger partial charge in [-0.15, -0.1) is 0 Å². The minimum absolute atomic E-state index is 0.521. The van der Waals surface area contributed by atoms with Crippen LogP contribution in [0.4, 0.5) is 0 Å². The van der Waals surface area contributed by atoms with Crippen molar-refractivity contribution in [2.75, 3.05) is 13.2 Å². The Hall–Kier alpha value is -1.42. The minimum atomic E-state index is 0.521. The van der Waals surface area contributed by atoms with Gasteiger partial charge in [-0.1, -0.05) is 0 Å². The van der Waals surface area contributed by atoms with Crippen molar-refractivity contribution in [1.29, 1.82) is 0 Å². The van der Waals surface area contributed by atoms with Crippen LogP contribution in [-0.2, 0) is 11.8 Å². The van der Waals surface area contributed by atoms with Gasteiger partial charge in [0.1, 0.15) is 11.3 Å². The lowest BCUT2D eigenvalue weighted by Gasteiger charge is -2.21. The normalized spacial score (nSPS) is 18.1. The van der Waals surface area contributed by atoms with E-state index in [0.717, 1.165) is 43.0 Å². The van der Waals surface area contributed by atoms with Crippen LogP contribution in [0.15, 0.2) is 18.3 Å². The van der Waals surface area contributed by atoms with Crippen molar-refractivity contribution in [3.05, 3.63) is 24.2 Å². The summed E-state index contributed by atoms with van der Waals surface area (Å²) in [5, 5.41) is 0. The van der Waals surface area contributed by atoms with Crippen molar-refractivity contribution < 1.29 is 4.74 Å². The second-order valence-corrected chi connectivity index (χ2v) is 4.26. The maximum absolute atomic E-state index is 5.38. The Bertz CT molecular complexity index is 500. The van der Waals surface area contributed by atoms with E-state index in [9.17, 15) is 0 Å². The molecule has 0 aromatic carbocycles. The summed E-state index contributed by atoms with van der Waals surface area (Å²) < 4.78 is 7.50. The van der Waals surface area contributed by atoms with Crippen LogP contribution in [0.5, 0.6) is 0 Å². The third kappa shape index (κ3) is 1.50. The van der Waals surface area contributed by atoms with Gasteiger partial charge in [0.15, 0.2) is 5.65 Å². The molecule has 0 saturated carbocycles. The van der Waals surface area contributed by atoms with Gasteiger partial charge in [0.05, 0.1) is 0 Å². The van der Waals surface area contributed by atoms with E-state index >= 15 is 0 Å². The Labute approximate surface area is 94.3 Å². The molecule has 1 saturated heterocycles. The molecular formula is C12H15N3O. The van der Waals surface area contributed by atoms with Crippen LogP contribution in [0.1, 0.15) is 24.6 Å². The van der Waals surface area contributed by atoms with E-state index in [1.165, 1.54) is 0 Å². The first-order valence-corrected chi connectivity index (χ1v) is 5.71. The van der Waals surface area contributed by atoms with E-state index in [2.05, 4.69) is 14.5 Å². The van der Waals surface area contributed by atoms with E-state index in [4.69, 9.17) is 4.74 Å². The maximum Gasteiger partial charge on any atom is 0.159 e. The highest BCUT2D eigenvalue weighted by Crippen LogP contribution is 2.27. The first kappa shape index (κ1) is 9.78. The zero-order valence-electron chi connectivity index (χ0n) is 9.39. The molecule has 1 aliphatic rings. The van der Waals surface area contributed by atoms with Gasteiger partial charge in [0.2, 0.25) is 0 Å². The van der Waals surface area contributed by atoms with Crippen LogP contribution in [0.2, 0.25) is 0 Å². The summed E-state index contributed by atoms with van der Waals surface area (Å²) in [5.41, 5.74) is 1.97. The summed E-state index contributed by atoms with van der Waals surface area (Å²) in [6.45, 7) is 1.70. The molecule has 3 heterocycles. The van der Waals surface area contributed by atoms with Crippen LogP contribution in [0.25, 0.3) is 11.2 Å². The largest absolute Gasteiger partial charge is 0.381 e. The fourth-order valence-corrected chi connectivity index (χ4v) is 2.36. The lowest BCUT2D eigenvalue weighted by Crippen LogP contribution is -2.17. The van der Waals surface area contributed by atoms with Gasteiger partial charge in [0, 0.05) is 32.4 Å². The molecule has 4 heteroatoms. The van der Waals surface area contributed by atoms with E-state index in [0.29, 0.717) is 5.92 Å². The molecule has 0 aliphatic carbocycles. The Morgan fingerprint density at radius 1 is 1.38 bits per heavy atom. The fraction of sp³-hybridized carbons (Fsp3) is 0.500. The average Bonchev–Trinajstić information content (AvgIpc) is 2.69. The number of hydrogen-bond donors (Lipinski definition) is 0. The highest BCUT2D eigenvalue weighted by molar-refractivity contribution is 5.71. The van der Waals surface area contributed by atoms with E-state index < -0.39 is 0 Å². The Balaban J connectivity index is 2.05. The quantitative estimate of drug-likeness (QED) is 0.732. The average molecular weight is 217 g/mol. The van der Waals surface area contributed by atoms with Gasteiger partial charge in [-0.2, -0.15) is 0 Å². The Morgan fingerprint density at radius 3 is 2.94 bits per heavy atom. The zero-order chi connectivity index (χ0) is 11.0. The topological polar surface area (TPSA) is 39.9 Å². The van der Waals surface area contributed by atoms with Crippen LogP contribution in [0, 0.1) is 0 Å². The SMILES string of the molecule is Cn1c(C2CCOCC2)nc2cccnc21. The van der Waals surface area contributed by atoms with Gasteiger partial charge in [0.25, 0.3) is 0 Å². The first-order valence-electron chi connectivity index (χ1n) is 5.71.